The highest BCUT2D eigenvalue weighted by Gasteiger charge is 2.55. The van der Waals surface area contributed by atoms with E-state index in [-0.39, 0.29) is 11.8 Å². The molecule has 2 rings (SSSR count). The maximum absolute atomic E-state index is 12.0. The van der Waals surface area contributed by atoms with Crippen LogP contribution in [-0.4, -0.2) is 24.5 Å². The van der Waals surface area contributed by atoms with Gasteiger partial charge in [-0.05, 0) is 32.8 Å². The lowest BCUT2D eigenvalue weighted by Gasteiger charge is -2.21. The van der Waals surface area contributed by atoms with Crippen LogP contribution in [0.5, 0.6) is 0 Å². The van der Waals surface area contributed by atoms with Crippen molar-refractivity contribution in [3.05, 3.63) is 11.8 Å². The highest BCUT2D eigenvalue weighted by Crippen LogP contribution is 2.50. The Morgan fingerprint density at radius 3 is 3.00 bits per heavy atom. The van der Waals surface area contributed by atoms with Gasteiger partial charge >= 0.3 is 5.97 Å². The predicted octanol–water partition coefficient (Wildman–Crippen LogP) is 1.59. The van der Waals surface area contributed by atoms with Crippen molar-refractivity contribution >= 4 is 11.8 Å². The van der Waals surface area contributed by atoms with E-state index < -0.39 is 11.5 Å². The van der Waals surface area contributed by atoms with Crippen LogP contribution in [0.2, 0.25) is 0 Å². The number of fused-ring (bicyclic) bond motifs is 1. The van der Waals surface area contributed by atoms with Crippen LogP contribution in [-0.2, 0) is 19.1 Å². The molecule has 4 nitrogen and oxygen atoms in total. The van der Waals surface area contributed by atoms with E-state index >= 15 is 0 Å². The Bertz CT molecular complexity index is 358. The van der Waals surface area contributed by atoms with Crippen molar-refractivity contribution in [2.45, 2.75) is 39.2 Å². The zero-order chi connectivity index (χ0) is 11.8. The first-order valence-corrected chi connectivity index (χ1v) is 5.65. The normalized spacial score (nSPS) is 31.6. The maximum Gasteiger partial charge on any atom is 0.319 e. The van der Waals surface area contributed by atoms with Crippen LogP contribution < -0.4 is 0 Å². The van der Waals surface area contributed by atoms with E-state index in [2.05, 4.69) is 0 Å². The average Bonchev–Trinajstić information content (AvgIpc) is 2.73. The minimum atomic E-state index is -0.674. The van der Waals surface area contributed by atoms with Gasteiger partial charge in [0.1, 0.15) is 11.2 Å². The van der Waals surface area contributed by atoms with Crippen LogP contribution in [0.4, 0.5) is 0 Å². The molecule has 2 aliphatic rings. The predicted molar refractivity (Wildman–Crippen MR) is 56.6 cm³/mol. The lowest BCUT2D eigenvalue weighted by atomic mass is 9.82. The quantitative estimate of drug-likeness (QED) is 0.683. The van der Waals surface area contributed by atoms with Crippen molar-refractivity contribution in [2.24, 2.45) is 5.41 Å². The molecule has 88 valence electrons. The van der Waals surface area contributed by atoms with Crippen molar-refractivity contribution in [3.63, 3.8) is 0 Å². The van der Waals surface area contributed by atoms with Crippen LogP contribution in [0.15, 0.2) is 11.8 Å². The second-order valence-electron chi connectivity index (χ2n) is 4.33. The van der Waals surface area contributed by atoms with E-state index in [9.17, 15) is 9.59 Å². The molecule has 0 aromatic carbocycles. The van der Waals surface area contributed by atoms with Gasteiger partial charge < -0.3 is 9.47 Å². The Morgan fingerprint density at radius 1 is 1.62 bits per heavy atom. The van der Waals surface area contributed by atoms with Crippen molar-refractivity contribution < 1.29 is 19.1 Å². The summed E-state index contributed by atoms with van der Waals surface area (Å²) in [5.74, 6) is 0.368. The molecular formula is C12H16O4. The first-order valence-electron chi connectivity index (χ1n) is 5.65. The number of carbonyl (C=O) groups excluding carboxylic acids is 2. The third-order valence-electron chi connectivity index (χ3n) is 3.30. The second-order valence-corrected chi connectivity index (χ2v) is 4.33. The van der Waals surface area contributed by atoms with Gasteiger partial charge in [-0.1, -0.05) is 0 Å². The van der Waals surface area contributed by atoms with Crippen molar-refractivity contribution in [1.82, 2.24) is 0 Å². The summed E-state index contributed by atoms with van der Waals surface area (Å²) in [6.45, 7) is 3.63. The molecule has 0 radical (unpaired) electrons. The molecule has 4 heteroatoms. The Morgan fingerprint density at radius 2 is 2.38 bits per heavy atom. The molecule has 0 aromatic heterocycles. The fourth-order valence-corrected chi connectivity index (χ4v) is 2.43. The molecule has 1 heterocycles. The molecule has 1 saturated heterocycles. The van der Waals surface area contributed by atoms with E-state index in [4.69, 9.17) is 9.47 Å². The third-order valence-corrected chi connectivity index (χ3v) is 3.30. The molecular weight excluding hydrogens is 208 g/mol. The van der Waals surface area contributed by atoms with Gasteiger partial charge in [0, 0.05) is 6.42 Å². The zero-order valence-corrected chi connectivity index (χ0v) is 9.62. The number of Topliss-reactive ketones (excluding diaryl/α,β-unsaturated/α-hetero) is 1. The summed E-state index contributed by atoms with van der Waals surface area (Å²) >= 11 is 0. The van der Waals surface area contributed by atoms with Gasteiger partial charge in [-0.2, -0.15) is 0 Å². The molecule has 1 aliphatic heterocycles. The van der Waals surface area contributed by atoms with Gasteiger partial charge in [-0.15, -0.1) is 0 Å². The second kappa shape index (κ2) is 3.92. The van der Waals surface area contributed by atoms with E-state index in [0.29, 0.717) is 25.2 Å². The van der Waals surface area contributed by atoms with E-state index in [1.807, 2.05) is 6.08 Å². The standard InChI is InChI=1S/C12H16O4/c1-3-15-11(14)12-6-4-5-10(12)16-9(7-12)8(2)13/h5,9H,3-4,6-7H2,1-2H3/t9?,12-/m1/s1. The number of ketones is 1. The molecule has 0 bridgehead atoms. The highest BCUT2D eigenvalue weighted by molar-refractivity contribution is 5.86. The summed E-state index contributed by atoms with van der Waals surface area (Å²) in [6, 6.07) is 0. The molecule has 0 amide bonds. The molecule has 0 spiro atoms. The molecule has 16 heavy (non-hydrogen) atoms. The van der Waals surface area contributed by atoms with Gasteiger partial charge in [0.2, 0.25) is 0 Å². The van der Waals surface area contributed by atoms with E-state index in [1.165, 1.54) is 6.92 Å². The Kier molecular flexibility index (Phi) is 2.74. The number of hydrogen-bond acceptors (Lipinski definition) is 4. The highest BCUT2D eigenvalue weighted by atomic mass is 16.5. The van der Waals surface area contributed by atoms with Crippen molar-refractivity contribution in [2.75, 3.05) is 6.61 Å². The summed E-state index contributed by atoms with van der Waals surface area (Å²) in [7, 11) is 0. The van der Waals surface area contributed by atoms with Crippen LogP contribution in [0, 0.1) is 5.41 Å². The monoisotopic (exact) mass is 224 g/mol. The number of ether oxygens (including phenoxy) is 2. The lowest BCUT2D eigenvalue weighted by Crippen LogP contribution is -2.31. The smallest absolute Gasteiger partial charge is 0.319 e. The summed E-state index contributed by atoms with van der Waals surface area (Å²) in [5, 5.41) is 0. The van der Waals surface area contributed by atoms with Crippen LogP contribution in [0.3, 0.4) is 0 Å². The summed E-state index contributed by atoms with van der Waals surface area (Å²) in [4.78, 5) is 23.3. The van der Waals surface area contributed by atoms with Gasteiger partial charge in [0.25, 0.3) is 0 Å². The molecule has 1 fully saturated rings. The maximum atomic E-state index is 12.0. The summed E-state index contributed by atoms with van der Waals surface area (Å²) in [6.07, 6.45) is 3.38. The molecule has 0 N–H and O–H groups in total. The van der Waals surface area contributed by atoms with Crippen LogP contribution in [0.25, 0.3) is 0 Å². The average molecular weight is 224 g/mol. The SMILES string of the molecule is CCOC(=O)[C@@]12CCC=C1OC(C(C)=O)C2. The zero-order valence-electron chi connectivity index (χ0n) is 9.62. The van der Waals surface area contributed by atoms with E-state index in [0.717, 1.165) is 6.42 Å². The fraction of sp³-hybridized carbons (Fsp3) is 0.667. The van der Waals surface area contributed by atoms with Gasteiger partial charge in [-0.25, -0.2) is 0 Å². The Hall–Kier alpha value is -1.32. The van der Waals surface area contributed by atoms with Crippen molar-refractivity contribution in [1.29, 1.82) is 0 Å². The number of hydrogen-bond donors (Lipinski definition) is 0. The van der Waals surface area contributed by atoms with Crippen LogP contribution >= 0.6 is 0 Å². The van der Waals surface area contributed by atoms with E-state index in [1.54, 1.807) is 6.92 Å². The molecule has 0 aromatic rings. The molecule has 1 unspecified atom stereocenters. The number of rotatable bonds is 3. The number of esters is 1. The molecule has 2 atom stereocenters. The van der Waals surface area contributed by atoms with Crippen molar-refractivity contribution in [3.8, 4) is 0 Å². The Labute approximate surface area is 94.6 Å². The topological polar surface area (TPSA) is 52.6 Å². The van der Waals surface area contributed by atoms with Gasteiger partial charge in [0.05, 0.1) is 6.61 Å². The third kappa shape index (κ3) is 1.52. The summed E-state index contributed by atoms with van der Waals surface area (Å²) < 4.78 is 10.6. The first kappa shape index (κ1) is 11.2. The molecule has 1 aliphatic carbocycles. The lowest BCUT2D eigenvalue weighted by molar-refractivity contribution is -0.153. The molecule has 0 saturated carbocycles. The first-order chi connectivity index (χ1) is 7.60. The van der Waals surface area contributed by atoms with Crippen LogP contribution in [0.1, 0.15) is 33.1 Å². The summed E-state index contributed by atoms with van der Waals surface area (Å²) in [5.41, 5.74) is -0.674. The fourth-order valence-electron chi connectivity index (χ4n) is 2.43. The number of allylic oxidation sites excluding steroid dienone is 1. The van der Waals surface area contributed by atoms with Gasteiger partial charge in [0.15, 0.2) is 11.9 Å². The minimum absolute atomic E-state index is 0.0287. The van der Waals surface area contributed by atoms with Gasteiger partial charge in [-0.3, -0.25) is 9.59 Å². The Balaban J connectivity index is 2.23. The number of carbonyl (C=O) groups is 2. The largest absolute Gasteiger partial charge is 0.486 e. The minimum Gasteiger partial charge on any atom is -0.486 e.